The van der Waals surface area contributed by atoms with Crippen LogP contribution in [0.1, 0.15) is 41.5 Å². The standard InChI is InChI=1S/C12H26O4/c1-7(2)11(13)9(5)16-12(14)10(6)15-8(3)4/h7-14H,1-6H3. The first-order valence-corrected chi connectivity index (χ1v) is 5.92. The van der Waals surface area contributed by atoms with Gasteiger partial charge in [-0.3, -0.25) is 0 Å². The largest absolute Gasteiger partial charge is 0.390 e. The molecule has 4 atom stereocenters. The third-order valence-electron chi connectivity index (χ3n) is 2.41. The zero-order valence-electron chi connectivity index (χ0n) is 11.2. The van der Waals surface area contributed by atoms with E-state index in [1.165, 1.54) is 0 Å². The average molecular weight is 234 g/mol. The maximum absolute atomic E-state index is 9.73. The Hall–Kier alpha value is -0.160. The Morgan fingerprint density at radius 3 is 1.62 bits per heavy atom. The highest BCUT2D eigenvalue weighted by atomic mass is 16.6. The van der Waals surface area contributed by atoms with Gasteiger partial charge < -0.3 is 19.7 Å². The summed E-state index contributed by atoms with van der Waals surface area (Å²) in [4.78, 5) is 0. The quantitative estimate of drug-likeness (QED) is 0.656. The fraction of sp³-hybridized carbons (Fsp3) is 1.00. The van der Waals surface area contributed by atoms with E-state index in [0.717, 1.165) is 0 Å². The Morgan fingerprint density at radius 2 is 1.25 bits per heavy atom. The molecular weight excluding hydrogens is 208 g/mol. The van der Waals surface area contributed by atoms with Crippen molar-refractivity contribution >= 4 is 0 Å². The van der Waals surface area contributed by atoms with Crippen molar-refractivity contribution in [2.24, 2.45) is 5.92 Å². The van der Waals surface area contributed by atoms with Gasteiger partial charge in [0.1, 0.15) is 6.10 Å². The molecule has 0 amide bonds. The maximum atomic E-state index is 9.73. The van der Waals surface area contributed by atoms with Crippen LogP contribution >= 0.6 is 0 Å². The smallest absolute Gasteiger partial charge is 0.181 e. The van der Waals surface area contributed by atoms with Crippen molar-refractivity contribution in [1.29, 1.82) is 0 Å². The summed E-state index contributed by atoms with van der Waals surface area (Å²) >= 11 is 0. The van der Waals surface area contributed by atoms with Crippen LogP contribution in [0.5, 0.6) is 0 Å². The van der Waals surface area contributed by atoms with E-state index in [1.54, 1.807) is 13.8 Å². The number of hydrogen-bond donors (Lipinski definition) is 2. The van der Waals surface area contributed by atoms with E-state index in [0.29, 0.717) is 0 Å². The Balaban J connectivity index is 4.07. The Labute approximate surface area is 98.6 Å². The van der Waals surface area contributed by atoms with E-state index in [4.69, 9.17) is 9.47 Å². The van der Waals surface area contributed by atoms with Gasteiger partial charge in [-0.2, -0.15) is 0 Å². The minimum absolute atomic E-state index is 0.0404. The zero-order valence-corrected chi connectivity index (χ0v) is 11.2. The van der Waals surface area contributed by atoms with Crippen molar-refractivity contribution in [3.63, 3.8) is 0 Å². The molecule has 0 aromatic rings. The van der Waals surface area contributed by atoms with Crippen molar-refractivity contribution in [3.8, 4) is 0 Å². The van der Waals surface area contributed by atoms with E-state index in [9.17, 15) is 10.2 Å². The van der Waals surface area contributed by atoms with Crippen molar-refractivity contribution < 1.29 is 19.7 Å². The van der Waals surface area contributed by atoms with Gasteiger partial charge in [0.05, 0.1) is 18.3 Å². The molecule has 0 heterocycles. The summed E-state index contributed by atoms with van der Waals surface area (Å²) in [6, 6.07) is 0. The summed E-state index contributed by atoms with van der Waals surface area (Å²) in [6.07, 6.45) is -2.36. The van der Waals surface area contributed by atoms with Crippen LogP contribution in [0.25, 0.3) is 0 Å². The molecular formula is C12H26O4. The highest BCUT2D eigenvalue weighted by Crippen LogP contribution is 2.13. The van der Waals surface area contributed by atoms with Crippen LogP contribution in [0.2, 0.25) is 0 Å². The van der Waals surface area contributed by atoms with Gasteiger partial charge in [-0.05, 0) is 33.6 Å². The van der Waals surface area contributed by atoms with Gasteiger partial charge in [-0.25, -0.2) is 0 Å². The molecule has 98 valence electrons. The number of aliphatic hydroxyl groups excluding tert-OH is 2. The molecule has 4 nitrogen and oxygen atoms in total. The summed E-state index contributed by atoms with van der Waals surface area (Å²) in [5.41, 5.74) is 0. The molecule has 0 saturated carbocycles. The van der Waals surface area contributed by atoms with Crippen molar-refractivity contribution in [3.05, 3.63) is 0 Å². The molecule has 0 aromatic carbocycles. The van der Waals surface area contributed by atoms with Crippen LogP contribution in [0.15, 0.2) is 0 Å². The fourth-order valence-electron chi connectivity index (χ4n) is 1.45. The molecule has 0 aliphatic heterocycles. The second kappa shape index (κ2) is 7.22. The maximum Gasteiger partial charge on any atom is 0.181 e. The Bertz CT molecular complexity index is 182. The lowest BCUT2D eigenvalue weighted by atomic mass is 10.0. The van der Waals surface area contributed by atoms with Crippen LogP contribution in [0.3, 0.4) is 0 Å². The minimum atomic E-state index is -1.01. The van der Waals surface area contributed by atoms with Gasteiger partial charge >= 0.3 is 0 Å². The Kier molecular flexibility index (Phi) is 7.15. The molecule has 16 heavy (non-hydrogen) atoms. The van der Waals surface area contributed by atoms with Gasteiger partial charge in [-0.1, -0.05) is 13.8 Å². The molecule has 0 radical (unpaired) electrons. The monoisotopic (exact) mass is 234 g/mol. The summed E-state index contributed by atoms with van der Waals surface area (Å²) in [7, 11) is 0. The summed E-state index contributed by atoms with van der Waals surface area (Å²) in [5.74, 6) is 0.100. The van der Waals surface area contributed by atoms with Crippen LogP contribution in [-0.2, 0) is 9.47 Å². The number of ether oxygens (including phenoxy) is 2. The van der Waals surface area contributed by atoms with E-state index < -0.39 is 24.6 Å². The van der Waals surface area contributed by atoms with Crippen LogP contribution in [0, 0.1) is 5.92 Å². The van der Waals surface area contributed by atoms with Crippen molar-refractivity contribution in [2.45, 2.75) is 72.2 Å². The first-order valence-electron chi connectivity index (χ1n) is 5.92. The van der Waals surface area contributed by atoms with Gasteiger partial charge in [0.2, 0.25) is 0 Å². The molecule has 0 bridgehead atoms. The lowest BCUT2D eigenvalue weighted by Crippen LogP contribution is -2.39. The van der Waals surface area contributed by atoms with E-state index in [-0.39, 0.29) is 12.0 Å². The van der Waals surface area contributed by atoms with E-state index in [2.05, 4.69) is 0 Å². The van der Waals surface area contributed by atoms with E-state index >= 15 is 0 Å². The fourth-order valence-corrected chi connectivity index (χ4v) is 1.45. The molecule has 2 N–H and O–H groups in total. The number of hydrogen-bond acceptors (Lipinski definition) is 4. The predicted octanol–water partition coefficient (Wildman–Crippen LogP) is 1.54. The SMILES string of the molecule is CC(C)OC(C)C(O)OC(C)C(O)C(C)C. The molecule has 0 aliphatic carbocycles. The number of aliphatic hydroxyl groups is 2. The van der Waals surface area contributed by atoms with Gasteiger partial charge in [-0.15, -0.1) is 0 Å². The Morgan fingerprint density at radius 1 is 0.750 bits per heavy atom. The molecule has 0 fully saturated rings. The third-order valence-corrected chi connectivity index (χ3v) is 2.41. The molecule has 4 heteroatoms. The van der Waals surface area contributed by atoms with Gasteiger partial charge in [0, 0.05) is 0 Å². The lowest BCUT2D eigenvalue weighted by molar-refractivity contribution is -0.219. The van der Waals surface area contributed by atoms with E-state index in [1.807, 2.05) is 27.7 Å². The molecule has 4 unspecified atom stereocenters. The summed E-state index contributed by atoms with van der Waals surface area (Å²) < 4.78 is 10.7. The second-order valence-corrected chi connectivity index (χ2v) is 4.86. The first kappa shape index (κ1) is 15.8. The molecule has 0 aromatic heterocycles. The van der Waals surface area contributed by atoms with Crippen LogP contribution < -0.4 is 0 Å². The zero-order chi connectivity index (χ0) is 12.9. The molecule has 0 spiro atoms. The normalized spacial score (nSPS) is 19.9. The molecule has 0 aliphatic rings. The molecule has 0 saturated heterocycles. The summed E-state index contributed by atoms with van der Waals surface area (Å²) in [5, 5.41) is 19.4. The summed E-state index contributed by atoms with van der Waals surface area (Å²) in [6.45, 7) is 11.1. The number of rotatable bonds is 7. The van der Waals surface area contributed by atoms with Crippen LogP contribution in [0.4, 0.5) is 0 Å². The highest BCUT2D eigenvalue weighted by Gasteiger charge is 2.24. The van der Waals surface area contributed by atoms with Gasteiger partial charge in [0.25, 0.3) is 0 Å². The van der Waals surface area contributed by atoms with Gasteiger partial charge in [0.15, 0.2) is 6.29 Å². The third kappa shape index (κ3) is 5.80. The topological polar surface area (TPSA) is 58.9 Å². The second-order valence-electron chi connectivity index (χ2n) is 4.86. The minimum Gasteiger partial charge on any atom is -0.390 e. The van der Waals surface area contributed by atoms with Crippen molar-refractivity contribution in [1.82, 2.24) is 0 Å². The average Bonchev–Trinajstić information content (AvgIpc) is 2.14. The highest BCUT2D eigenvalue weighted by molar-refractivity contribution is 4.69. The van der Waals surface area contributed by atoms with Crippen LogP contribution in [-0.4, -0.2) is 40.9 Å². The first-order chi connectivity index (χ1) is 7.25. The lowest BCUT2D eigenvalue weighted by Gasteiger charge is -2.28. The molecule has 0 rings (SSSR count). The predicted molar refractivity (Wildman–Crippen MR) is 63.1 cm³/mol. The van der Waals surface area contributed by atoms with Crippen molar-refractivity contribution in [2.75, 3.05) is 0 Å².